The van der Waals surface area contributed by atoms with E-state index in [0.717, 1.165) is 11.8 Å². The first-order valence-corrected chi connectivity index (χ1v) is 7.36. The van der Waals surface area contributed by atoms with Crippen molar-refractivity contribution in [1.29, 1.82) is 0 Å². The molecule has 0 radical (unpaired) electrons. The van der Waals surface area contributed by atoms with Crippen LogP contribution < -0.4 is 9.47 Å². The van der Waals surface area contributed by atoms with Crippen molar-refractivity contribution in [2.75, 3.05) is 0 Å². The number of nitro groups is 1. The minimum atomic E-state index is -0.526. The number of pyridine rings is 1. The predicted molar refractivity (Wildman–Crippen MR) is 88.1 cm³/mol. The Labute approximate surface area is 142 Å². The first kappa shape index (κ1) is 16.4. The molecule has 0 N–H and O–H groups in total. The van der Waals surface area contributed by atoms with Gasteiger partial charge < -0.3 is 9.47 Å². The highest BCUT2D eigenvalue weighted by atomic mass is 19.1. The third-order valence-electron chi connectivity index (χ3n) is 3.27. The molecule has 126 valence electrons. The molecule has 0 spiro atoms. The van der Waals surface area contributed by atoms with Crippen molar-refractivity contribution in [2.45, 2.75) is 6.61 Å². The Morgan fingerprint density at radius 3 is 2.44 bits per heavy atom. The summed E-state index contributed by atoms with van der Waals surface area (Å²) in [6.45, 7) is 0.252. The van der Waals surface area contributed by atoms with Gasteiger partial charge in [0, 0.05) is 12.1 Å². The summed E-state index contributed by atoms with van der Waals surface area (Å²) in [5, 5.41) is 10.6. The molecule has 3 rings (SSSR count). The largest absolute Gasteiger partial charge is 0.489 e. The summed E-state index contributed by atoms with van der Waals surface area (Å²) in [6.07, 6.45) is 1.13. The number of nitrogens with zero attached hydrogens (tertiary/aromatic N) is 2. The smallest absolute Gasteiger partial charge is 0.287 e. The zero-order valence-electron chi connectivity index (χ0n) is 13.0. The number of halogens is 1. The Bertz CT molecular complexity index is 867. The third-order valence-corrected chi connectivity index (χ3v) is 3.27. The zero-order chi connectivity index (χ0) is 17.6. The number of benzene rings is 2. The molecular formula is C18H13FN2O4. The normalized spacial score (nSPS) is 10.3. The topological polar surface area (TPSA) is 74.5 Å². The lowest BCUT2D eigenvalue weighted by Crippen LogP contribution is -1.96. The van der Waals surface area contributed by atoms with Crippen molar-refractivity contribution in [3.05, 3.63) is 88.4 Å². The predicted octanol–water partition coefficient (Wildman–Crippen LogP) is 4.50. The van der Waals surface area contributed by atoms with E-state index >= 15 is 0 Å². The molecule has 0 bridgehead atoms. The molecule has 3 aromatic rings. The summed E-state index contributed by atoms with van der Waals surface area (Å²) in [4.78, 5) is 13.9. The van der Waals surface area contributed by atoms with Gasteiger partial charge in [-0.05, 0) is 42.0 Å². The molecule has 0 amide bonds. The van der Waals surface area contributed by atoms with E-state index in [2.05, 4.69) is 4.98 Å². The van der Waals surface area contributed by atoms with Crippen LogP contribution in [-0.2, 0) is 6.61 Å². The van der Waals surface area contributed by atoms with Crippen LogP contribution in [0, 0.1) is 15.9 Å². The molecule has 0 unspecified atom stereocenters. The maximum atomic E-state index is 13.1. The molecule has 1 heterocycles. The van der Waals surface area contributed by atoms with E-state index in [1.54, 1.807) is 36.4 Å². The van der Waals surface area contributed by atoms with Crippen molar-refractivity contribution >= 4 is 5.69 Å². The SMILES string of the molecule is O=[N+]([O-])c1ccc(Oc2ccc(OCc3cccc(F)c3)cc2)nc1. The highest BCUT2D eigenvalue weighted by Crippen LogP contribution is 2.24. The Balaban J connectivity index is 1.59. The fraction of sp³-hybridized carbons (Fsp3) is 0.0556. The van der Waals surface area contributed by atoms with Gasteiger partial charge in [0.2, 0.25) is 5.88 Å². The van der Waals surface area contributed by atoms with Crippen molar-refractivity contribution in [3.63, 3.8) is 0 Å². The lowest BCUT2D eigenvalue weighted by atomic mass is 10.2. The summed E-state index contributed by atoms with van der Waals surface area (Å²) in [5.74, 6) is 1.06. The molecule has 0 atom stereocenters. The number of aromatic nitrogens is 1. The van der Waals surface area contributed by atoms with Gasteiger partial charge >= 0.3 is 0 Å². The van der Waals surface area contributed by atoms with E-state index in [0.29, 0.717) is 11.5 Å². The monoisotopic (exact) mass is 340 g/mol. The minimum absolute atomic E-state index is 0.103. The second-order valence-electron chi connectivity index (χ2n) is 5.10. The molecular weight excluding hydrogens is 327 g/mol. The van der Waals surface area contributed by atoms with E-state index < -0.39 is 4.92 Å². The lowest BCUT2D eigenvalue weighted by Gasteiger charge is -2.08. The van der Waals surface area contributed by atoms with Crippen LogP contribution in [0.4, 0.5) is 10.1 Å². The molecule has 7 heteroatoms. The van der Waals surface area contributed by atoms with Gasteiger partial charge in [-0.3, -0.25) is 10.1 Å². The summed E-state index contributed by atoms with van der Waals surface area (Å²) in [5.41, 5.74) is 0.629. The average molecular weight is 340 g/mol. The van der Waals surface area contributed by atoms with Crippen LogP contribution in [0.2, 0.25) is 0 Å². The van der Waals surface area contributed by atoms with Gasteiger partial charge in [0.15, 0.2) is 0 Å². The van der Waals surface area contributed by atoms with E-state index in [1.165, 1.54) is 24.3 Å². The maximum Gasteiger partial charge on any atom is 0.287 e. The number of hydrogen-bond donors (Lipinski definition) is 0. The van der Waals surface area contributed by atoms with Gasteiger partial charge in [0.05, 0.1) is 4.92 Å². The van der Waals surface area contributed by atoms with Crippen LogP contribution in [0.3, 0.4) is 0 Å². The van der Waals surface area contributed by atoms with Gasteiger partial charge in [-0.15, -0.1) is 0 Å². The lowest BCUT2D eigenvalue weighted by molar-refractivity contribution is -0.385. The second-order valence-corrected chi connectivity index (χ2v) is 5.10. The summed E-state index contributed by atoms with van der Waals surface area (Å²) in [6, 6.07) is 15.7. The van der Waals surface area contributed by atoms with Crippen molar-refractivity contribution in [3.8, 4) is 17.4 Å². The van der Waals surface area contributed by atoms with E-state index in [-0.39, 0.29) is 24.0 Å². The molecule has 0 aliphatic rings. The third kappa shape index (κ3) is 4.51. The zero-order valence-corrected chi connectivity index (χ0v) is 13.0. The Morgan fingerprint density at radius 1 is 1.04 bits per heavy atom. The number of hydrogen-bond acceptors (Lipinski definition) is 5. The van der Waals surface area contributed by atoms with Crippen LogP contribution in [-0.4, -0.2) is 9.91 Å². The van der Waals surface area contributed by atoms with Crippen LogP contribution >= 0.6 is 0 Å². The average Bonchev–Trinajstić information content (AvgIpc) is 2.62. The molecule has 1 aromatic heterocycles. The van der Waals surface area contributed by atoms with Gasteiger partial charge in [0.25, 0.3) is 5.69 Å². The Morgan fingerprint density at radius 2 is 1.80 bits per heavy atom. The highest BCUT2D eigenvalue weighted by molar-refractivity contribution is 5.35. The molecule has 0 saturated carbocycles. The van der Waals surface area contributed by atoms with Crippen LogP contribution in [0.5, 0.6) is 17.4 Å². The fourth-order valence-electron chi connectivity index (χ4n) is 2.06. The Kier molecular flexibility index (Phi) is 4.84. The Hall–Kier alpha value is -3.48. The summed E-state index contributed by atoms with van der Waals surface area (Å²) >= 11 is 0. The molecule has 2 aromatic carbocycles. The van der Waals surface area contributed by atoms with Crippen LogP contribution in [0.15, 0.2) is 66.9 Å². The van der Waals surface area contributed by atoms with Crippen LogP contribution in [0.1, 0.15) is 5.56 Å². The molecule has 0 aliphatic carbocycles. The second kappa shape index (κ2) is 7.39. The van der Waals surface area contributed by atoms with E-state index in [1.807, 2.05) is 0 Å². The quantitative estimate of drug-likeness (QED) is 0.488. The first-order chi connectivity index (χ1) is 12.1. The molecule has 0 aliphatic heterocycles. The minimum Gasteiger partial charge on any atom is -0.489 e. The van der Waals surface area contributed by atoms with Crippen molar-refractivity contribution in [1.82, 2.24) is 4.98 Å². The molecule has 6 nitrogen and oxygen atoms in total. The first-order valence-electron chi connectivity index (χ1n) is 7.36. The standard InChI is InChI=1S/C18H13FN2O4/c19-14-3-1-2-13(10-14)12-24-16-5-7-17(8-6-16)25-18-9-4-15(11-20-18)21(22)23/h1-11H,12H2. The fourth-order valence-corrected chi connectivity index (χ4v) is 2.06. The van der Waals surface area contributed by atoms with E-state index in [9.17, 15) is 14.5 Å². The van der Waals surface area contributed by atoms with Gasteiger partial charge in [-0.25, -0.2) is 9.37 Å². The van der Waals surface area contributed by atoms with Gasteiger partial charge in [-0.1, -0.05) is 12.1 Å². The summed E-state index contributed by atoms with van der Waals surface area (Å²) < 4.78 is 24.2. The van der Waals surface area contributed by atoms with E-state index in [4.69, 9.17) is 9.47 Å². The van der Waals surface area contributed by atoms with Gasteiger partial charge in [-0.2, -0.15) is 0 Å². The molecule has 0 fully saturated rings. The summed E-state index contributed by atoms with van der Waals surface area (Å²) in [7, 11) is 0. The molecule has 25 heavy (non-hydrogen) atoms. The van der Waals surface area contributed by atoms with Crippen LogP contribution in [0.25, 0.3) is 0 Å². The maximum absolute atomic E-state index is 13.1. The van der Waals surface area contributed by atoms with Gasteiger partial charge in [0.1, 0.15) is 30.1 Å². The number of rotatable bonds is 6. The van der Waals surface area contributed by atoms with Crippen molar-refractivity contribution < 1.29 is 18.8 Å². The highest BCUT2D eigenvalue weighted by Gasteiger charge is 2.06. The van der Waals surface area contributed by atoms with Crippen molar-refractivity contribution in [2.24, 2.45) is 0 Å². The molecule has 0 saturated heterocycles. The number of ether oxygens (including phenoxy) is 2.